The van der Waals surface area contributed by atoms with Gasteiger partial charge in [-0.15, -0.1) is 0 Å². The van der Waals surface area contributed by atoms with Crippen molar-refractivity contribution in [3.63, 3.8) is 0 Å². The van der Waals surface area contributed by atoms with E-state index in [4.69, 9.17) is 15.2 Å². The first kappa shape index (κ1) is 25.7. The molecule has 4 aromatic rings. The standard InChI is InChI=1S/C30H36N8/c1-4-24-18-23(19-25(5-2)38(24)15-9-14-31)32-30-33-27-17-22(21-10-7-6-8-11-21)12-13-26(27)29(35-30)34-28-16-20(3)36-37-28/h6-8,10-13,16-17,23-25H,4-5,9,15,18-19H2,1-3H3,(H3,32,33,34,35,36,37). The van der Waals surface area contributed by atoms with Gasteiger partial charge in [-0.1, -0.05) is 50.2 Å². The van der Waals surface area contributed by atoms with Crippen molar-refractivity contribution < 1.29 is 0 Å². The molecule has 1 saturated heterocycles. The zero-order valence-electron chi connectivity index (χ0n) is 22.4. The first-order chi connectivity index (χ1) is 18.6. The van der Waals surface area contributed by atoms with E-state index in [1.807, 2.05) is 19.1 Å². The first-order valence-electron chi connectivity index (χ1n) is 13.6. The number of piperidine rings is 1. The van der Waals surface area contributed by atoms with Crippen molar-refractivity contribution in [1.82, 2.24) is 25.1 Å². The summed E-state index contributed by atoms with van der Waals surface area (Å²) in [5.74, 6) is 2.08. The topological polar surface area (TPSA) is 106 Å². The maximum absolute atomic E-state index is 9.16. The van der Waals surface area contributed by atoms with Gasteiger partial charge in [0, 0.05) is 48.2 Å². The average Bonchev–Trinajstić information content (AvgIpc) is 3.36. The van der Waals surface area contributed by atoms with Crippen LogP contribution in [0.3, 0.4) is 0 Å². The third kappa shape index (κ3) is 5.63. The Balaban J connectivity index is 1.48. The number of H-pyrrole nitrogens is 1. The lowest BCUT2D eigenvalue weighted by molar-refractivity contribution is 0.0734. The highest BCUT2D eigenvalue weighted by atomic mass is 15.2. The lowest BCUT2D eigenvalue weighted by Gasteiger charge is -2.45. The van der Waals surface area contributed by atoms with E-state index < -0.39 is 0 Å². The molecule has 1 fully saturated rings. The van der Waals surface area contributed by atoms with Gasteiger partial charge in [0.1, 0.15) is 5.82 Å². The van der Waals surface area contributed by atoms with Crippen molar-refractivity contribution in [2.24, 2.45) is 0 Å². The Bertz CT molecular complexity index is 1390. The van der Waals surface area contributed by atoms with Crippen molar-refractivity contribution in [2.75, 3.05) is 17.2 Å². The van der Waals surface area contributed by atoms with Gasteiger partial charge in [0.15, 0.2) is 5.82 Å². The molecule has 2 unspecified atom stereocenters. The number of hydrogen-bond acceptors (Lipinski definition) is 7. The molecule has 5 rings (SSSR count). The summed E-state index contributed by atoms with van der Waals surface area (Å²) in [6.07, 6.45) is 4.70. The zero-order valence-corrected chi connectivity index (χ0v) is 22.4. The minimum atomic E-state index is 0.262. The Hall–Kier alpha value is -3.96. The van der Waals surface area contributed by atoms with Gasteiger partial charge in [0.25, 0.3) is 0 Å². The van der Waals surface area contributed by atoms with Crippen molar-refractivity contribution in [1.29, 1.82) is 5.26 Å². The van der Waals surface area contributed by atoms with E-state index in [2.05, 4.69) is 88.1 Å². The van der Waals surface area contributed by atoms with Crippen LogP contribution in [-0.4, -0.2) is 49.7 Å². The maximum atomic E-state index is 9.16. The van der Waals surface area contributed by atoms with Gasteiger partial charge in [-0.25, -0.2) is 4.98 Å². The van der Waals surface area contributed by atoms with E-state index in [0.29, 0.717) is 24.5 Å². The number of hydrogen-bond donors (Lipinski definition) is 3. The van der Waals surface area contributed by atoms with E-state index in [9.17, 15) is 0 Å². The number of aryl methyl sites for hydroxylation is 1. The Morgan fingerprint density at radius 3 is 2.42 bits per heavy atom. The van der Waals surface area contributed by atoms with Crippen molar-refractivity contribution in [2.45, 2.75) is 71.0 Å². The molecular weight excluding hydrogens is 472 g/mol. The minimum Gasteiger partial charge on any atom is -0.351 e. The molecule has 2 aromatic heterocycles. The van der Waals surface area contributed by atoms with Gasteiger partial charge in [-0.2, -0.15) is 15.3 Å². The van der Waals surface area contributed by atoms with Crippen LogP contribution in [0, 0.1) is 18.3 Å². The van der Waals surface area contributed by atoms with Crippen LogP contribution in [0.15, 0.2) is 54.6 Å². The number of rotatable bonds is 9. The molecule has 0 saturated carbocycles. The monoisotopic (exact) mass is 508 g/mol. The van der Waals surface area contributed by atoms with Crippen LogP contribution in [0.2, 0.25) is 0 Å². The van der Waals surface area contributed by atoms with E-state index >= 15 is 0 Å². The summed E-state index contributed by atoms with van der Waals surface area (Å²) in [5, 5.41) is 24.5. The summed E-state index contributed by atoms with van der Waals surface area (Å²) in [4.78, 5) is 12.5. The number of aromatic amines is 1. The number of likely N-dealkylation sites (tertiary alicyclic amines) is 1. The fraction of sp³-hybridized carbons (Fsp3) is 0.400. The molecular formula is C30H36N8. The highest BCUT2D eigenvalue weighted by Crippen LogP contribution is 2.32. The fourth-order valence-electron chi connectivity index (χ4n) is 5.67. The van der Waals surface area contributed by atoms with Crippen molar-refractivity contribution in [3.05, 3.63) is 60.3 Å². The second-order valence-corrected chi connectivity index (χ2v) is 10.1. The highest BCUT2D eigenvalue weighted by molar-refractivity contribution is 5.94. The number of nitrogens with one attached hydrogen (secondary N) is 3. The Morgan fingerprint density at radius 1 is 1.00 bits per heavy atom. The van der Waals surface area contributed by atoms with E-state index in [0.717, 1.165) is 71.6 Å². The summed E-state index contributed by atoms with van der Waals surface area (Å²) in [6, 6.07) is 22.1. The SMILES string of the molecule is CCC1CC(Nc2nc(Nc3cc(C)[nH]n3)c3ccc(-c4ccccc4)cc3n2)CC(CC)N1CCC#N. The van der Waals surface area contributed by atoms with E-state index in [-0.39, 0.29) is 6.04 Å². The van der Waals surface area contributed by atoms with Gasteiger partial charge >= 0.3 is 0 Å². The lowest BCUT2D eigenvalue weighted by atomic mass is 9.88. The zero-order chi connectivity index (χ0) is 26.5. The lowest BCUT2D eigenvalue weighted by Crippen LogP contribution is -2.52. The number of nitriles is 1. The third-order valence-corrected chi connectivity index (χ3v) is 7.57. The Morgan fingerprint density at radius 2 is 1.76 bits per heavy atom. The molecule has 1 aliphatic rings. The molecule has 3 heterocycles. The molecule has 8 nitrogen and oxygen atoms in total. The molecule has 1 aliphatic heterocycles. The van der Waals surface area contributed by atoms with Crippen LogP contribution in [0.4, 0.5) is 17.6 Å². The second kappa shape index (κ2) is 11.6. The summed E-state index contributed by atoms with van der Waals surface area (Å²) >= 11 is 0. The van der Waals surface area contributed by atoms with Crippen LogP contribution in [0.5, 0.6) is 0 Å². The smallest absolute Gasteiger partial charge is 0.225 e. The number of fused-ring (bicyclic) bond motifs is 1. The van der Waals surface area contributed by atoms with Gasteiger partial charge in [-0.3, -0.25) is 10.00 Å². The predicted octanol–water partition coefficient (Wildman–Crippen LogP) is 6.42. The Labute approximate surface area is 224 Å². The Kier molecular flexibility index (Phi) is 7.85. The van der Waals surface area contributed by atoms with Crippen molar-refractivity contribution >= 4 is 28.5 Å². The third-order valence-electron chi connectivity index (χ3n) is 7.57. The van der Waals surface area contributed by atoms with Gasteiger partial charge < -0.3 is 10.6 Å². The van der Waals surface area contributed by atoms with E-state index in [1.165, 1.54) is 0 Å². The quantitative estimate of drug-likeness (QED) is 0.240. The molecule has 2 atom stereocenters. The van der Waals surface area contributed by atoms with Crippen molar-refractivity contribution in [3.8, 4) is 17.2 Å². The fourth-order valence-corrected chi connectivity index (χ4v) is 5.67. The first-order valence-corrected chi connectivity index (χ1v) is 13.6. The molecule has 2 aromatic carbocycles. The van der Waals surface area contributed by atoms with Gasteiger partial charge in [0.05, 0.1) is 11.6 Å². The summed E-state index contributed by atoms with van der Waals surface area (Å²) in [5.41, 5.74) is 4.13. The average molecular weight is 509 g/mol. The number of aromatic nitrogens is 4. The van der Waals surface area contributed by atoms with Crippen LogP contribution in [0.1, 0.15) is 51.6 Å². The van der Waals surface area contributed by atoms with Crippen LogP contribution < -0.4 is 10.6 Å². The van der Waals surface area contributed by atoms with Crippen LogP contribution >= 0.6 is 0 Å². The van der Waals surface area contributed by atoms with Gasteiger partial charge in [0.2, 0.25) is 5.95 Å². The number of nitrogens with zero attached hydrogens (tertiary/aromatic N) is 5. The maximum Gasteiger partial charge on any atom is 0.225 e. The highest BCUT2D eigenvalue weighted by Gasteiger charge is 2.34. The van der Waals surface area contributed by atoms with Crippen LogP contribution in [-0.2, 0) is 0 Å². The molecule has 0 radical (unpaired) electrons. The predicted molar refractivity (Wildman–Crippen MR) is 153 cm³/mol. The summed E-state index contributed by atoms with van der Waals surface area (Å²) in [7, 11) is 0. The number of anilines is 3. The van der Waals surface area contributed by atoms with Crippen LogP contribution in [0.25, 0.3) is 22.0 Å². The van der Waals surface area contributed by atoms with Gasteiger partial charge in [-0.05, 0) is 55.9 Å². The molecule has 8 heteroatoms. The molecule has 0 amide bonds. The summed E-state index contributed by atoms with van der Waals surface area (Å²) in [6.45, 7) is 7.30. The molecule has 38 heavy (non-hydrogen) atoms. The molecule has 0 aliphatic carbocycles. The largest absolute Gasteiger partial charge is 0.351 e. The molecule has 0 spiro atoms. The normalized spacial score (nSPS) is 19.8. The summed E-state index contributed by atoms with van der Waals surface area (Å²) < 4.78 is 0. The molecule has 0 bridgehead atoms. The molecule has 3 N–H and O–H groups in total. The van der Waals surface area contributed by atoms with E-state index in [1.54, 1.807) is 0 Å². The molecule has 196 valence electrons. The minimum absolute atomic E-state index is 0.262. The number of benzene rings is 2. The second-order valence-electron chi connectivity index (χ2n) is 10.1.